The summed E-state index contributed by atoms with van der Waals surface area (Å²) in [5.41, 5.74) is 0.253. The zero-order chi connectivity index (χ0) is 22.5. The molecule has 1 aromatic carbocycles. The molecule has 3 rings (SSSR count). The number of anilines is 1. The number of nitrogens with one attached hydrogen (secondary N) is 1. The molecule has 0 spiro atoms. The molecule has 3 aromatic rings. The number of carbonyl (C=O) groups excluding carboxylic acids is 2. The molecule has 0 radical (unpaired) electrons. The number of methoxy groups -OCH3 is 1. The standard InChI is InChI=1S/C21H22N4O5S/c1-12(2)11-30-20(28)18-13(3)22-21(31-18)23-19(27)17-16(26)9-10-25(24-17)14-5-7-15(29-4)8-6-14/h5-10,12H,11H2,1-4H3,(H,22,23,27). The first-order chi connectivity index (χ1) is 14.8. The highest BCUT2D eigenvalue weighted by Crippen LogP contribution is 2.24. The maximum Gasteiger partial charge on any atom is 0.350 e. The zero-order valence-electron chi connectivity index (χ0n) is 17.5. The second kappa shape index (κ2) is 9.52. The van der Waals surface area contributed by atoms with Crippen LogP contribution in [0.2, 0.25) is 0 Å². The van der Waals surface area contributed by atoms with Gasteiger partial charge in [-0.1, -0.05) is 25.2 Å². The minimum Gasteiger partial charge on any atom is -0.497 e. The second-order valence-electron chi connectivity index (χ2n) is 7.05. The Morgan fingerprint density at radius 1 is 1.19 bits per heavy atom. The van der Waals surface area contributed by atoms with E-state index in [0.29, 0.717) is 22.0 Å². The molecule has 0 bridgehead atoms. The maximum atomic E-state index is 12.7. The van der Waals surface area contributed by atoms with Crippen LogP contribution in [0.15, 0.2) is 41.3 Å². The zero-order valence-corrected chi connectivity index (χ0v) is 18.4. The van der Waals surface area contributed by atoms with Crippen molar-refractivity contribution in [3.8, 4) is 11.4 Å². The number of amides is 1. The van der Waals surface area contributed by atoms with Gasteiger partial charge in [-0.25, -0.2) is 14.5 Å². The molecular formula is C21H22N4O5S. The molecule has 0 unspecified atom stereocenters. The fraction of sp³-hybridized carbons (Fsp3) is 0.286. The normalized spacial score (nSPS) is 10.7. The van der Waals surface area contributed by atoms with E-state index in [4.69, 9.17) is 9.47 Å². The lowest BCUT2D eigenvalue weighted by atomic mass is 10.2. The Hall–Kier alpha value is -3.53. The van der Waals surface area contributed by atoms with Crippen molar-refractivity contribution < 1.29 is 19.1 Å². The van der Waals surface area contributed by atoms with Crippen LogP contribution in [0.4, 0.5) is 5.13 Å². The lowest BCUT2D eigenvalue weighted by molar-refractivity contribution is 0.0463. The van der Waals surface area contributed by atoms with Crippen molar-refractivity contribution in [3.05, 3.63) is 63.0 Å². The highest BCUT2D eigenvalue weighted by molar-refractivity contribution is 7.17. The van der Waals surface area contributed by atoms with E-state index in [-0.39, 0.29) is 23.4 Å². The SMILES string of the molecule is COc1ccc(-n2ccc(=O)c(C(=O)Nc3nc(C)c(C(=O)OCC(C)C)s3)n2)cc1. The predicted octanol–water partition coefficient (Wildman–Crippen LogP) is 3.07. The third kappa shape index (κ3) is 5.34. The third-order valence-electron chi connectivity index (χ3n) is 4.11. The van der Waals surface area contributed by atoms with Gasteiger partial charge in [-0.15, -0.1) is 0 Å². The van der Waals surface area contributed by atoms with E-state index >= 15 is 0 Å². The Balaban J connectivity index is 1.80. The fourth-order valence-corrected chi connectivity index (χ4v) is 3.40. The van der Waals surface area contributed by atoms with E-state index in [1.807, 2.05) is 13.8 Å². The first-order valence-electron chi connectivity index (χ1n) is 9.48. The highest BCUT2D eigenvalue weighted by Gasteiger charge is 2.20. The molecule has 10 heteroatoms. The van der Waals surface area contributed by atoms with Crippen molar-refractivity contribution in [1.29, 1.82) is 0 Å². The van der Waals surface area contributed by atoms with Crippen molar-refractivity contribution in [2.24, 2.45) is 5.92 Å². The van der Waals surface area contributed by atoms with Crippen LogP contribution in [0.25, 0.3) is 5.69 Å². The van der Waals surface area contributed by atoms with Gasteiger partial charge in [0.15, 0.2) is 10.8 Å². The monoisotopic (exact) mass is 442 g/mol. The number of rotatable bonds is 7. The summed E-state index contributed by atoms with van der Waals surface area (Å²) in [5.74, 6) is -0.342. The lowest BCUT2D eigenvalue weighted by Gasteiger charge is -2.08. The van der Waals surface area contributed by atoms with E-state index in [2.05, 4.69) is 15.4 Å². The Labute approximate surface area is 182 Å². The lowest BCUT2D eigenvalue weighted by Crippen LogP contribution is -2.25. The van der Waals surface area contributed by atoms with E-state index in [9.17, 15) is 14.4 Å². The van der Waals surface area contributed by atoms with Crippen molar-refractivity contribution in [2.45, 2.75) is 20.8 Å². The number of esters is 1. The largest absolute Gasteiger partial charge is 0.497 e. The first kappa shape index (κ1) is 22.2. The van der Waals surface area contributed by atoms with Crippen LogP contribution in [-0.2, 0) is 4.74 Å². The molecule has 0 aliphatic carbocycles. The van der Waals surface area contributed by atoms with Crippen molar-refractivity contribution >= 4 is 28.3 Å². The van der Waals surface area contributed by atoms with E-state index in [0.717, 1.165) is 11.3 Å². The van der Waals surface area contributed by atoms with E-state index in [1.54, 1.807) is 38.3 Å². The van der Waals surface area contributed by atoms with Gasteiger partial charge in [-0.05, 0) is 37.1 Å². The number of carbonyl (C=O) groups is 2. The van der Waals surface area contributed by atoms with Crippen molar-refractivity contribution in [1.82, 2.24) is 14.8 Å². The molecule has 0 aliphatic heterocycles. The summed E-state index contributed by atoms with van der Waals surface area (Å²) in [7, 11) is 1.56. The van der Waals surface area contributed by atoms with Gasteiger partial charge in [0.1, 0.15) is 10.6 Å². The van der Waals surface area contributed by atoms with E-state index < -0.39 is 17.3 Å². The molecule has 9 nitrogen and oxygen atoms in total. The maximum absolute atomic E-state index is 12.7. The third-order valence-corrected chi connectivity index (χ3v) is 5.16. The minimum absolute atomic E-state index is 0.181. The summed E-state index contributed by atoms with van der Waals surface area (Å²) in [5, 5.41) is 6.87. The molecule has 0 saturated carbocycles. The molecule has 1 N–H and O–H groups in total. The van der Waals surface area contributed by atoms with Crippen LogP contribution >= 0.6 is 11.3 Å². The summed E-state index contributed by atoms with van der Waals surface area (Å²) < 4.78 is 11.8. The molecule has 2 heterocycles. The molecule has 0 aliphatic rings. The number of ether oxygens (including phenoxy) is 2. The number of benzene rings is 1. The van der Waals surface area contributed by atoms with Crippen LogP contribution in [0.3, 0.4) is 0 Å². The smallest absolute Gasteiger partial charge is 0.350 e. The predicted molar refractivity (Wildman–Crippen MR) is 116 cm³/mol. The number of aromatic nitrogens is 3. The van der Waals surface area contributed by atoms with Gasteiger partial charge < -0.3 is 9.47 Å². The summed E-state index contributed by atoms with van der Waals surface area (Å²) in [6, 6.07) is 8.24. The Morgan fingerprint density at radius 3 is 2.55 bits per heavy atom. The summed E-state index contributed by atoms with van der Waals surface area (Å²) in [4.78, 5) is 41.6. The van der Waals surface area contributed by atoms with Crippen LogP contribution < -0.4 is 15.5 Å². The van der Waals surface area contributed by atoms with Crippen LogP contribution in [0.5, 0.6) is 5.75 Å². The van der Waals surface area contributed by atoms with Gasteiger partial charge in [0.05, 0.1) is 25.1 Å². The van der Waals surface area contributed by atoms with Crippen LogP contribution in [0, 0.1) is 12.8 Å². The molecule has 2 aromatic heterocycles. The van der Waals surface area contributed by atoms with Gasteiger partial charge in [0, 0.05) is 12.3 Å². The van der Waals surface area contributed by atoms with Gasteiger partial charge in [0.2, 0.25) is 5.43 Å². The summed E-state index contributed by atoms with van der Waals surface area (Å²) in [6.45, 7) is 5.81. The Morgan fingerprint density at radius 2 is 1.90 bits per heavy atom. The topological polar surface area (TPSA) is 112 Å². The van der Waals surface area contributed by atoms with Crippen LogP contribution in [0.1, 0.15) is 39.7 Å². The van der Waals surface area contributed by atoms with Gasteiger partial charge in [-0.2, -0.15) is 5.10 Å². The Bertz CT molecular complexity index is 1150. The van der Waals surface area contributed by atoms with Crippen molar-refractivity contribution in [3.63, 3.8) is 0 Å². The van der Waals surface area contributed by atoms with Gasteiger partial charge in [0.25, 0.3) is 5.91 Å². The average Bonchev–Trinajstić information content (AvgIpc) is 3.12. The molecule has 1 amide bonds. The number of nitrogens with zero attached hydrogens (tertiary/aromatic N) is 3. The van der Waals surface area contributed by atoms with E-state index in [1.165, 1.54) is 16.9 Å². The number of hydrogen-bond donors (Lipinski definition) is 1. The molecule has 0 saturated heterocycles. The first-order valence-corrected chi connectivity index (χ1v) is 10.3. The van der Waals surface area contributed by atoms with Crippen molar-refractivity contribution in [2.75, 3.05) is 19.0 Å². The van der Waals surface area contributed by atoms with Gasteiger partial charge in [-0.3, -0.25) is 14.9 Å². The summed E-state index contributed by atoms with van der Waals surface area (Å²) in [6.07, 6.45) is 1.47. The molecule has 0 fully saturated rings. The molecule has 31 heavy (non-hydrogen) atoms. The number of hydrogen-bond acceptors (Lipinski definition) is 8. The number of aryl methyl sites for hydroxylation is 1. The Kier molecular flexibility index (Phi) is 6.81. The quantitative estimate of drug-likeness (QED) is 0.560. The molecular weight excluding hydrogens is 420 g/mol. The summed E-state index contributed by atoms with van der Waals surface area (Å²) >= 11 is 0.985. The second-order valence-corrected chi connectivity index (χ2v) is 8.05. The minimum atomic E-state index is -0.719. The van der Waals surface area contributed by atoms with Crippen LogP contribution in [-0.4, -0.2) is 40.4 Å². The molecule has 162 valence electrons. The highest BCUT2D eigenvalue weighted by atomic mass is 32.1. The fourth-order valence-electron chi connectivity index (χ4n) is 2.55. The van der Waals surface area contributed by atoms with Gasteiger partial charge >= 0.3 is 5.97 Å². The number of thiazole rings is 1. The molecule has 0 atom stereocenters. The average molecular weight is 442 g/mol.